The molecule has 6 nitrogen and oxygen atoms in total. The first-order chi connectivity index (χ1) is 9.33. The van der Waals surface area contributed by atoms with Crippen LogP contribution in [-0.2, 0) is 0 Å². The number of hydrogen-bond acceptors (Lipinski definition) is 6. The van der Waals surface area contributed by atoms with Crippen LogP contribution in [-0.4, -0.2) is 33.0 Å². The Morgan fingerprint density at radius 2 is 2.00 bits per heavy atom. The van der Waals surface area contributed by atoms with Gasteiger partial charge in [0.15, 0.2) is 0 Å². The molecule has 0 aliphatic carbocycles. The third kappa shape index (κ3) is 2.62. The van der Waals surface area contributed by atoms with Gasteiger partial charge in [0.2, 0.25) is 11.9 Å². The summed E-state index contributed by atoms with van der Waals surface area (Å²) in [5.74, 6) is 1.49. The summed E-state index contributed by atoms with van der Waals surface area (Å²) in [5, 5.41) is 0. The van der Waals surface area contributed by atoms with E-state index >= 15 is 0 Å². The number of aromatic nitrogens is 4. The predicted octanol–water partition coefficient (Wildman–Crippen LogP) is 1.23. The van der Waals surface area contributed by atoms with Gasteiger partial charge in [-0.15, -0.1) is 0 Å². The van der Waals surface area contributed by atoms with Crippen molar-refractivity contribution in [3.05, 3.63) is 36.4 Å². The maximum Gasteiger partial charge on any atom is 0.225 e. The lowest BCUT2D eigenvalue weighted by atomic mass is 9.95. The minimum Gasteiger partial charge on any atom is -0.368 e. The van der Waals surface area contributed by atoms with Gasteiger partial charge in [0.25, 0.3) is 0 Å². The van der Waals surface area contributed by atoms with E-state index in [4.69, 9.17) is 5.73 Å². The number of nitrogens with zero attached hydrogens (tertiary/aromatic N) is 5. The summed E-state index contributed by atoms with van der Waals surface area (Å²) in [6, 6.07) is 3.77. The van der Waals surface area contributed by atoms with Crippen LogP contribution in [0.25, 0.3) is 0 Å². The molecule has 1 fully saturated rings. The van der Waals surface area contributed by atoms with E-state index in [9.17, 15) is 0 Å². The Labute approximate surface area is 111 Å². The van der Waals surface area contributed by atoms with Gasteiger partial charge < -0.3 is 10.6 Å². The van der Waals surface area contributed by atoms with Crippen LogP contribution in [0, 0.1) is 0 Å². The van der Waals surface area contributed by atoms with Crippen molar-refractivity contribution in [2.75, 3.05) is 23.7 Å². The third-order valence-electron chi connectivity index (χ3n) is 3.37. The lowest BCUT2D eigenvalue weighted by molar-refractivity contribution is 0.495. The quantitative estimate of drug-likeness (QED) is 0.870. The third-order valence-corrected chi connectivity index (χ3v) is 3.37. The molecule has 1 aliphatic rings. The van der Waals surface area contributed by atoms with Crippen LogP contribution in [0.2, 0.25) is 0 Å². The van der Waals surface area contributed by atoms with Crippen LogP contribution in [0.5, 0.6) is 0 Å². The molecule has 3 rings (SSSR count). The molecule has 0 unspecified atom stereocenters. The van der Waals surface area contributed by atoms with Gasteiger partial charge in [-0.3, -0.25) is 0 Å². The van der Waals surface area contributed by atoms with Gasteiger partial charge in [-0.05, 0) is 25.0 Å². The first kappa shape index (κ1) is 11.8. The Balaban J connectivity index is 1.78. The first-order valence-electron chi connectivity index (χ1n) is 6.43. The van der Waals surface area contributed by atoms with Crippen LogP contribution in [0.15, 0.2) is 30.7 Å². The van der Waals surface area contributed by atoms with Gasteiger partial charge >= 0.3 is 0 Å². The summed E-state index contributed by atoms with van der Waals surface area (Å²) in [4.78, 5) is 19.1. The molecule has 0 amide bonds. The zero-order chi connectivity index (χ0) is 13.1. The highest BCUT2D eigenvalue weighted by Crippen LogP contribution is 2.27. The van der Waals surface area contributed by atoms with Crippen LogP contribution >= 0.6 is 0 Å². The maximum absolute atomic E-state index is 5.65. The van der Waals surface area contributed by atoms with Crippen molar-refractivity contribution < 1.29 is 0 Å². The molecular weight excluding hydrogens is 240 g/mol. The fraction of sp³-hybridized carbons (Fsp3) is 0.385. The molecule has 2 aromatic heterocycles. The second-order valence-electron chi connectivity index (χ2n) is 4.67. The van der Waals surface area contributed by atoms with E-state index in [1.807, 2.05) is 12.1 Å². The molecule has 1 saturated heterocycles. The Kier molecular flexibility index (Phi) is 3.22. The number of piperidine rings is 1. The van der Waals surface area contributed by atoms with Crippen LogP contribution < -0.4 is 10.6 Å². The Morgan fingerprint density at radius 1 is 1.16 bits per heavy atom. The number of rotatable bonds is 2. The fourth-order valence-electron chi connectivity index (χ4n) is 2.47. The summed E-state index contributed by atoms with van der Waals surface area (Å²) in [5.41, 5.74) is 6.66. The summed E-state index contributed by atoms with van der Waals surface area (Å²) in [6.07, 6.45) is 7.48. The molecule has 0 saturated carbocycles. The average molecular weight is 256 g/mol. The van der Waals surface area contributed by atoms with Crippen molar-refractivity contribution in [3.63, 3.8) is 0 Å². The highest BCUT2D eigenvalue weighted by Gasteiger charge is 2.23. The monoisotopic (exact) mass is 256 g/mol. The largest absolute Gasteiger partial charge is 0.368 e. The van der Waals surface area contributed by atoms with E-state index < -0.39 is 0 Å². The molecule has 1 aliphatic heterocycles. The smallest absolute Gasteiger partial charge is 0.225 e. The normalized spacial score (nSPS) is 19.4. The molecule has 0 radical (unpaired) electrons. The van der Waals surface area contributed by atoms with Gasteiger partial charge in [-0.2, -0.15) is 0 Å². The van der Waals surface area contributed by atoms with Gasteiger partial charge in [-0.1, -0.05) is 0 Å². The van der Waals surface area contributed by atoms with E-state index in [1.54, 1.807) is 18.6 Å². The van der Waals surface area contributed by atoms with Crippen molar-refractivity contribution in [2.45, 2.75) is 18.8 Å². The topological polar surface area (TPSA) is 80.8 Å². The summed E-state index contributed by atoms with van der Waals surface area (Å²) in [6.45, 7) is 1.86. The Hall–Kier alpha value is -2.24. The van der Waals surface area contributed by atoms with Gasteiger partial charge in [-0.25, -0.2) is 19.9 Å². The van der Waals surface area contributed by atoms with E-state index in [0.717, 1.165) is 37.6 Å². The number of nitrogens with two attached hydrogens (primary N) is 1. The van der Waals surface area contributed by atoms with Gasteiger partial charge in [0.1, 0.15) is 0 Å². The number of anilines is 2. The molecule has 0 aromatic carbocycles. The van der Waals surface area contributed by atoms with Crippen LogP contribution in [0.1, 0.15) is 24.5 Å². The Bertz CT molecular complexity index is 544. The average Bonchev–Trinajstić information content (AvgIpc) is 2.48. The highest BCUT2D eigenvalue weighted by molar-refractivity contribution is 5.32. The van der Waals surface area contributed by atoms with Gasteiger partial charge in [0, 0.05) is 37.6 Å². The molecule has 98 valence electrons. The minimum absolute atomic E-state index is 0.339. The van der Waals surface area contributed by atoms with E-state index in [0.29, 0.717) is 11.9 Å². The summed E-state index contributed by atoms with van der Waals surface area (Å²) < 4.78 is 0. The predicted molar refractivity (Wildman–Crippen MR) is 72.7 cm³/mol. The van der Waals surface area contributed by atoms with Crippen molar-refractivity contribution in [1.29, 1.82) is 0 Å². The second-order valence-corrected chi connectivity index (χ2v) is 4.67. The second kappa shape index (κ2) is 5.17. The molecule has 3 heterocycles. The fourth-order valence-corrected chi connectivity index (χ4v) is 2.47. The SMILES string of the molecule is Nc1nccc([C@H]2CCCN(c3ncccn3)C2)n1. The lowest BCUT2D eigenvalue weighted by Gasteiger charge is -2.32. The zero-order valence-corrected chi connectivity index (χ0v) is 10.6. The van der Waals surface area contributed by atoms with Crippen molar-refractivity contribution >= 4 is 11.9 Å². The molecule has 1 atom stereocenters. The van der Waals surface area contributed by atoms with E-state index in [-0.39, 0.29) is 0 Å². The van der Waals surface area contributed by atoms with Crippen molar-refractivity contribution in [3.8, 4) is 0 Å². The van der Waals surface area contributed by atoms with Crippen molar-refractivity contribution in [2.24, 2.45) is 0 Å². The molecule has 2 aromatic rings. The molecule has 19 heavy (non-hydrogen) atoms. The summed E-state index contributed by atoms with van der Waals surface area (Å²) in [7, 11) is 0. The maximum atomic E-state index is 5.65. The van der Waals surface area contributed by atoms with Crippen molar-refractivity contribution in [1.82, 2.24) is 19.9 Å². The number of nitrogen functional groups attached to an aromatic ring is 1. The lowest BCUT2D eigenvalue weighted by Crippen LogP contribution is -2.35. The van der Waals surface area contributed by atoms with Crippen LogP contribution in [0.4, 0.5) is 11.9 Å². The molecular formula is C13H16N6. The molecule has 6 heteroatoms. The van der Waals surface area contributed by atoms with Gasteiger partial charge in [0.05, 0.1) is 5.69 Å². The minimum atomic E-state index is 0.339. The molecule has 0 bridgehead atoms. The summed E-state index contributed by atoms with van der Waals surface area (Å²) >= 11 is 0. The van der Waals surface area contributed by atoms with Crippen LogP contribution in [0.3, 0.4) is 0 Å². The van der Waals surface area contributed by atoms with E-state index in [2.05, 4.69) is 24.8 Å². The number of hydrogen-bond donors (Lipinski definition) is 1. The highest BCUT2D eigenvalue weighted by atomic mass is 15.2. The van der Waals surface area contributed by atoms with E-state index in [1.165, 1.54) is 0 Å². The molecule has 2 N–H and O–H groups in total. The first-order valence-corrected chi connectivity index (χ1v) is 6.43. The molecule has 0 spiro atoms. The zero-order valence-electron chi connectivity index (χ0n) is 10.6. The standard InChI is InChI=1S/C13H16N6/c14-12-15-7-4-11(18-12)10-3-1-8-19(9-10)13-16-5-2-6-17-13/h2,4-7,10H,1,3,8-9H2,(H2,14,15,18)/t10-/m0/s1. The Morgan fingerprint density at radius 3 is 2.79 bits per heavy atom.